The molecule has 5 nitrogen and oxygen atoms in total. The van der Waals surface area contributed by atoms with E-state index in [9.17, 15) is 9.59 Å². The summed E-state index contributed by atoms with van der Waals surface area (Å²) >= 11 is 0. The van der Waals surface area contributed by atoms with Crippen molar-refractivity contribution in [3.63, 3.8) is 0 Å². The van der Waals surface area contributed by atoms with E-state index in [0.29, 0.717) is 24.0 Å². The van der Waals surface area contributed by atoms with Crippen molar-refractivity contribution in [3.05, 3.63) is 35.6 Å². The molecule has 1 saturated carbocycles. The largest absolute Gasteiger partial charge is 0.501 e. The van der Waals surface area contributed by atoms with Gasteiger partial charge in [-0.05, 0) is 43.3 Å². The molecule has 1 fully saturated rings. The third kappa shape index (κ3) is 3.58. The van der Waals surface area contributed by atoms with Gasteiger partial charge in [0.15, 0.2) is 5.78 Å². The molecular formula is C24H34O5. The first kappa shape index (κ1) is 21.8. The van der Waals surface area contributed by atoms with E-state index < -0.39 is 0 Å². The number of ether oxygens (including phenoxy) is 3. The number of ketones is 1. The zero-order valence-corrected chi connectivity index (χ0v) is 18.5. The molecule has 3 rings (SSSR count). The average molecular weight is 403 g/mol. The Hall–Kier alpha value is -1.88. The number of Topliss-reactive ketones (excluding diaryl/α,β-unsaturated/α-hetero) is 1. The lowest BCUT2D eigenvalue weighted by Crippen LogP contribution is -2.53. The van der Waals surface area contributed by atoms with Crippen LogP contribution in [0.5, 0.6) is 0 Å². The molecule has 5 atom stereocenters. The van der Waals surface area contributed by atoms with Crippen molar-refractivity contribution in [1.29, 1.82) is 0 Å². The highest BCUT2D eigenvalue weighted by Crippen LogP contribution is 2.58. The Kier molecular flexibility index (Phi) is 5.83. The van der Waals surface area contributed by atoms with Crippen LogP contribution < -0.4 is 0 Å². The number of esters is 1. The minimum atomic E-state index is -0.319. The zero-order valence-electron chi connectivity index (χ0n) is 18.5. The molecule has 160 valence electrons. The summed E-state index contributed by atoms with van der Waals surface area (Å²) in [5.41, 5.74) is 0.781. The second kappa shape index (κ2) is 7.75. The highest BCUT2D eigenvalue weighted by molar-refractivity contribution is 6.11. The monoisotopic (exact) mass is 402 g/mol. The van der Waals surface area contributed by atoms with Crippen LogP contribution in [0.25, 0.3) is 0 Å². The smallest absolute Gasteiger partial charge is 0.302 e. The Morgan fingerprint density at radius 1 is 1.24 bits per heavy atom. The number of hydrogen-bond donors (Lipinski definition) is 0. The third-order valence-corrected chi connectivity index (χ3v) is 7.53. The first-order valence-corrected chi connectivity index (χ1v) is 10.5. The van der Waals surface area contributed by atoms with Gasteiger partial charge in [-0.1, -0.05) is 33.4 Å². The molecule has 29 heavy (non-hydrogen) atoms. The van der Waals surface area contributed by atoms with Gasteiger partial charge in [-0.2, -0.15) is 0 Å². The van der Waals surface area contributed by atoms with Crippen LogP contribution in [-0.4, -0.2) is 38.2 Å². The van der Waals surface area contributed by atoms with E-state index >= 15 is 0 Å². The topological polar surface area (TPSA) is 61.8 Å². The van der Waals surface area contributed by atoms with Crippen molar-refractivity contribution in [2.75, 3.05) is 14.2 Å². The summed E-state index contributed by atoms with van der Waals surface area (Å²) < 4.78 is 17.5. The Bertz CT molecular complexity index is 774. The molecule has 0 saturated heterocycles. The highest BCUT2D eigenvalue weighted by Gasteiger charge is 2.56. The molecule has 0 heterocycles. The minimum Gasteiger partial charge on any atom is -0.501 e. The van der Waals surface area contributed by atoms with Crippen molar-refractivity contribution < 1.29 is 23.8 Å². The van der Waals surface area contributed by atoms with Gasteiger partial charge in [-0.3, -0.25) is 9.59 Å². The first-order chi connectivity index (χ1) is 13.6. The molecule has 0 spiro atoms. The summed E-state index contributed by atoms with van der Waals surface area (Å²) in [6.07, 6.45) is 6.59. The van der Waals surface area contributed by atoms with Gasteiger partial charge in [-0.15, -0.1) is 0 Å². The van der Waals surface area contributed by atoms with Gasteiger partial charge < -0.3 is 14.2 Å². The van der Waals surface area contributed by atoms with Gasteiger partial charge in [0.1, 0.15) is 6.10 Å². The van der Waals surface area contributed by atoms with Gasteiger partial charge in [0.2, 0.25) is 0 Å². The van der Waals surface area contributed by atoms with E-state index in [1.54, 1.807) is 14.2 Å². The van der Waals surface area contributed by atoms with E-state index in [4.69, 9.17) is 14.2 Å². The van der Waals surface area contributed by atoms with E-state index in [1.807, 2.05) is 6.08 Å². The number of rotatable bonds is 3. The van der Waals surface area contributed by atoms with Gasteiger partial charge in [-0.25, -0.2) is 0 Å². The molecule has 0 aliphatic heterocycles. The summed E-state index contributed by atoms with van der Waals surface area (Å²) in [4.78, 5) is 24.6. The van der Waals surface area contributed by atoms with E-state index in [-0.39, 0.29) is 46.6 Å². The van der Waals surface area contributed by atoms with Crippen LogP contribution in [-0.2, 0) is 23.8 Å². The second-order valence-electron chi connectivity index (χ2n) is 9.48. The molecule has 0 aromatic heterocycles. The molecule has 2 bridgehead atoms. The van der Waals surface area contributed by atoms with Gasteiger partial charge in [0.25, 0.3) is 0 Å². The van der Waals surface area contributed by atoms with E-state index in [0.717, 1.165) is 18.6 Å². The van der Waals surface area contributed by atoms with Crippen LogP contribution in [0.1, 0.15) is 53.4 Å². The standard InChI is InChI=1S/C24H34O5/c1-14-16-8-9-21(28-7)24(5)11-10-20(29-15(2)25)23(3,4)19(24)13-18(27-6)17(12-16)22(14)26/h9,12,16,18-20H,1,8,10-11,13H2,2-7H3/b21-9-/t16-,18-,19-,20+,24-/m1/s1. The van der Waals surface area contributed by atoms with Crippen LogP contribution in [0, 0.1) is 22.7 Å². The summed E-state index contributed by atoms with van der Waals surface area (Å²) in [5, 5.41) is 0. The fourth-order valence-electron chi connectivity index (χ4n) is 5.85. The quantitative estimate of drug-likeness (QED) is 0.518. The molecule has 0 radical (unpaired) electrons. The summed E-state index contributed by atoms with van der Waals surface area (Å²) in [5.74, 6) is 0.762. The van der Waals surface area contributed by atoms with Crippen LogP contribution in [0.4, 0.5) is 0 Å². The van der Waals surface area contributed by atoms with Crippen molar-refractivity contribution in [2.24, 2.45) is 22.7 Å². The van der Waals surface area contributed by atoms with Gasteiger partial charge in [0, 0.05) is 36.4 Å². The molecule has 0 N–H and O–H groups in total. The Morgan fingerprint density at radius 3 is 2.52 bits per heavy atom. The van der Waals surface area contributed by atoms with Crippen LogP contribution in [0.15, 0.2) is 35.6 Å². The number of allylic oxidation sites excluding steroid dienone is 4. The lowest BCUT2D eigenvalue weighted by atomic mass is 9.52. The van der Waals surface area contributed by atoms with Gasteiger partial charge in [0.05, 0.1) is 19.0 Å². The maximum Gasteiger partial charge on any atom is 0.302 e. The number of carbonyl (C=O) groups excluding carboxylic acids is 2. The molecule has 0 amide bonds. The summed E-state index contributed by atoms with van der Waals surface area (Å²) in [7, 11) is 3.37. The maximum atomic E-state index is 12.9. The van der Waals surface area contributed by atoms with Gasteiger partial charge >= 0.3 is 5.97 Å². The molecule has 3 aliphatic carbocycles. The number of carbonyl (C=O) groups is 2. The molecule has 5 heteroatoms. The number of hydrogen-bond acceptors (Lipinski definition) is 5. The molecule has 0 aromatic rings. The number of fused-ring (bicyclic) bond motifs is 2. The Balaban J connectivity index is 2.11. The zero-order chi connectivity index (χ0) is 21.6. The van der Waals surface area contributed by atoms with Crippen molar-refractivity contribution in [1.82, 2.24) is 0 Å². The Labute approximate surface area is 174 Å². The minimum absolute atomic E-state index is 0.00275. The van der Waals surface area contributed by atoms with Crippen molar-refractivity contribution in [3.8, 4) is 0 Å². The lowest BCUT2D eigenvalue weighted by Gasteiger charge is -2.55. The molecule has 3 aliphatic rings. The SMILES string of the molecule is C=C1C(=O)C2=C[C@H]1C/C=C(\OC)[C@]1(C)CC[C@H](OC(C)=O)C(C)(C)[C@H]1C[C@H]2OC. The predicted octanol–water partition coefficient (Wildman–Crippen LogP) is 4.38. The first-order valence-electron chi connectivity index (χ1n) is 10.5. The highest BCUT2D eigenvalue weighted by atomic mass is 16.5. The number of methoxy groups -OCH3 is 2. The Morgan fingerprint density at radius 2 is 1.93 bits per heavy atom. The predicted molar refractivity (Wildman–Crippen MR) is 111 cm³/mol. The van der Waals surface area contributed by atoms with Crippen LogP contribution >= 0.6 is 0 Å². The third-order valence-electron chi connectivity index (χ3n) is 7.53. The van der Waals surface area contributed by atoms with Crippen molar-refractivity contribution >= 4 is 11.8 Å². The van der Waals surface area contributed by atoms with Crippen LogP contribution in [0.2, 0.25) is 0 Å². The molecule has 0 unspecified atom stereocenters. The fourth-order valence-corrected chi connectivity index (χ4v) is 5.85. The van der Waals surface area contributed by atoms with Crippen molar-refractivity contribution in [2.45, 2.75) is 65.6 Å². The van der Waals surface area contributed by atoms with E-state index in [1.165, 1.54) is 6.92 Å². The van der Waals surface area contributed by atoms with E-state index in [2.05, 4.69) is 33.4 Å². The maximum absolute atomic E-state index is 12.9. The molecule has 0 aromatic carbocycles. The fraction of sp³-hybridized carbons (Fsp3) is 0.667. The average Bonchev–Trinajstić information content (AvgIpc) is 2.92. The van der Waals surface area contributed by atoms with Crippen LogP contribution in [0.3, 0.4) is 0 Å². The molecular weight excluding hydrogens is 368 g/mol. The normalized spacial score (nSPS) is 38.4. The summed E-state index contributed by atoms with van der Waals surface area (Å²) in [6.45, 7) is 12.0. The summed E-state index contributed by atoms with van der Waals surface area (Å²) in [6, 6.07) is 0. The lowest BCUT2D eigenvalue weighted by molar-refractivity contribution is -0.169. The second-order valence-corrected chi connectivity index (χ2v) is 9.48.